The summed E-state index contributed by atoms with van der Waals surface area (Å²) in [6, 6.07) is 6.87. The van der Waals surface area contributed by atoms with Crippen molar-refractivity contribution in [1.82, 2.24) is 10.2 Å². The van der Waals surface area contributed by atoms with Crippen molar-refractivity contribution in [1.29, 1.82) is 0 Å². The maximum absolute atomic E-state index is 11.1. The van der Waals surface area contributed by atoms with Gasteiger partial charge in [-0.2, -0.15) is 5.10 Å². The standard InChI is InChI=1S/C13H14N2O2/c1-8(2)11-4-3-9(5-12(11)16)10-6-13(17)15-14-7-10/h3-8,16H,1-2H3,(H,15,17). The number of hydrogen-bond acceptors (Lipinski definition) is 3. The van der Waals surface area contributed by atoms with E-state index < -0.39 is 0 Å². The number of aromatic hydroxyl groups is 1. The van der Waals surface area contributed by atoms with Crippen LogP contribution in [0.3, 0.4) is 0 Å². The molecule has 0 amide bonds. The molecule has 17 heavy (non-hydrogen) atoms. The molecular formula is C13H14N2O2. The van der Waals surface area contributed by atoms with E-state index in [4.69, 9.17) is 0 Å². The minimum absolute atomic E-state index is 0.248. The normalized spacial score (nSPS) is 10.8. The second-order valence-corrected chi connectivity index (χ2v) is 4.26. The zero-order valence-corrected chi connectivity index (χ0v) is 9.77. The number of benzene rings is 1. The Hall–Kier alpha value is -2.10. The van der Waals surface area contributed by atoms with Gasteiger partial charge in [-0.05, 0) is 23.1 Å². The van der Waals surface area contributed by atoms with Crippen LogP contribution in [-0.4, -0.2) is 15.3 Å². The molecule has 0 unspecified atom stereocenters. The number of phenols is 1. The second-order valence-electron chi connectivity index (χ2n) is 4.26. The molecule has 1 heterocycles. The molecule has 0 saturated heterocycles. The van der Waals surface area contributed by atoms with E-state index >= 15 is 0 Å². The molecule has 0 spiro atoms. The lowest BCUT2D eigenvalue weighted by Gasteiger charge is -2.09. The molecule has 4 heteroatoms. The monoisotopic (exact) mass is 230 g/mol. The number of rotatable bonds is 2. The van der Waals surface area contributed by atoms with Crippen molar-refractivity contribution in [3.05, 3.63) is 46.4 Å². The lowest BCUT2D eigenvalue weighted by atomic mass is 9.98. The second kappa shape index (κ2) is 4.41. The predicted molar refractivity (Wildman–Crippen MR) is 66.0 cm³/mol. The van der Waals surface area contributed by atoms with E-state index in [1.807, 2.05) is 26.0 Å². The van der Waals surface area contributed by atoms with Gasteiger partial charge in [0.05, 0.1) is 6.20 Å². The van der Waals surface area contributed by atoms with Crippen LogP contribution in [0.15, 0.2) is 35.3 Å². The molecule has 0 aliphatic carbocycles. The minimum Gasteiger partial charge on any atom is -0.508 e. The summed E-state index contributed by atoms with van der Waals surface area (Å²) < 4.78 is 0. The summed E-state index contributed by atoms with van der Waals surface area (Å²) in [6.45, 7) is 4.03. The zero-order chi connectivity index (χ0) is 12.4. The van der Waals surface area contributed by atoms with Gasteiger partial charge < -0.3 is 5.11 Å². The van der Waals surface area contributed by atoms with Crippen LogP contribution in [0.4, 0.5) is 0 Å². The number of H-pyrrole nitrogens is 1. The molecule has 2 N–H and O–H groups in total. The molecule has 0 atom stereocenters. The predicted octanol–water partition coefficient (Wildman–Crippen LogP) is 2.27. The largest absolute Gasteiger partial charge is 0.508 e. The van der Waals surface area contributed by atoms with Gasteiger partial charge in [-0.3, -0.25) is 4.79 Å². The molecule has 0 aliphatic heterocycles. The van der Waals surface area contributed by atoms with Crippen molar-refractivity contribution in [3.63, 3.8) is 0 Å². The minimum atomic E-state index is -0.255. The van der Waals surface area contributed by atoms with E-state index in [1.165, 1.54) is 6.07 Å². The molecule has 4 nitrogen and oxygen atoms in total. The smallest absolute Gasteiger partial charge is 0.264 e. The van der Waals surface area contributed by atoms with E-state index in [0.717, 1.165) is 11.1 Å². The Bertz CT molecular complexity index is 588. The Labute approximate surface area is 98.9 Å². The summed E-state index contributed by atoms with van der Waals surface area (Å²) in [4.78, 5) is 11.1. The number of phenolic OH excluding ortho intramolecular Hbond substituents is 1. The highest BCUT2D eigenvalue weighted by Gasteiger charge is 2.07. The Morgan fingerprint density at radius 2 is 2.00 bits per heavy atom. The maximum Gasteiger partial charge on any atom is 0.264 e. The third-order valence-electron chi connectivity index (χ3n) is 2.65. The summed E-state index contributed by atoms with van der Waals surface area (Å²) >= 11 is 0. The van der Waals surface area contributed by atoms with Crippen molar-refractivity contribution in [2.75, 3.05) is 0 Å². The fourth-order valence-corrected chi connectivity index (χ4v) is 1.75. The van der Waals surface area contributed by atoms with E-state index in [0.29, 0.717) is 5.56 Å². The zero-order valence-electron chi connectivity index (χ0n) is 9.77. The average Bonchev–Trinajstić information content (AvgIpc) is 2.28. The van der Waals surface area contributed by atoms with E-state index in [2.05, 4.69) is 10.2 Å². The number of aromatic nitrogens is 2. The Kier molecular flexibility index (Phi) is 2.95. The Balaban J connectivity index is 2.48. The van der Waals surface area contributed by atoms with Crippen molar-refractivity contribution in [2.24, 2.45) is 0 Å². The van der Waals surface area contributed by atoms with E-state index in [9.17, 15) is 9.90 Å². The van der Waals surface area contributed by atoms with Gasteiger partial charge in [0.25, 0.3) is 5.56 Å². The number of aromatic amines is 1. The molecule has 1 aromatic heterocycles. The van der Waals surface area contributed by atoms with Gasteiger partial charge in [-0.1, -0.05) is 26.0 Å². The van der Waals surface area contributed by atoms with Gasteiger partial charge in [0.1, 0.15) is 5.75 Å². The van der Waals surface area contributed by atoms with Gasteiger partial charge in [0.2, 0.25) is 0 Å². The first kappa shape index (κ1) is 11.4. The third kappa shape index (κ3) is 2.36. The highest BCUT2D eigenvalue weighted by molar-refractivity contribution is 5.64. The lowest BCUT2D eigenvalue weighted by Crippen LogP contribution is -2.05. The van der Waals surface area contributed by atoms with Crippen molar-refractivity contribution in [3.8, 4) is 16.9 Å². The van der Waals surface area contributed by atoms with Gasteiger partial charge in [-0.15, -0.1) is 0 Å². The molecule has 0 saturated carbocycles. The van der Waals surface area contributed by atoms with Crippen LogP contribution in [0.2, 0.25) is 0 Å². The van der Waals surface area contributed by atoms with Gasteiger partial charge in [0.15, 0.2) is 0 Å². The van der Waals surface area contributed by atoms with E-state index in [1.54, 1.807) is 12.3 Å². The fraction of sp³-hybridized carbons (Fsp3) is 0.231. The molecule has 88 valence electrons. The van der Waals surface area contributed by atoms with Crippen LogP contribution in [0, 0.1) is 0 Å². The van der Waals surface area contributed by atoms with Crippen LogP contribution in [0.25, 0.3) is 11.1 Å². The van der Waals surface area contributed by atoms with Gasteiger partial charge in [-0.25, -0.2) is 5.10 Å². The molecule has 0 bridgehead atoms. The van der Waals surface area contributed by atoms with Crippen LogP contribution >= 0.6 is 0 Å². The molecular weight excluding hydrogens is 216 g/mol. The summed E-state index contributed by atoms with van der Waals surface area (Å²) in [7, 11) is 0. The topological polar surface area (TPSA) is 66.0 Å². The van der Waals surface area contributed by atoms with Crippen LogP contribution in [-0.2, 0) is 0 Å². The molecule has 0 radical (unpaired) electrons. The fourth-order valence-electron chi connectivity index (χ4n) is 1.75. The van der Waals surface area contributed by atoms with Crippen molar-refractivity contribution < 1.29 is 5.11 Å². The van der Waals surface area contributed by atoms with Crippen molar-refractivity contribution in [2.45, 2.75) is 19.8 Å². The molecule has 1 aromatic carbocycles. The SMILES string of the molecule is CC(C)c1ccc(-c2cn[nH]c(=O)c2)cc1O. The molecule has 0 aliphatic rings. The first-order chi connectivity index (χ1) is 8.08. The van der Waals surface area contributed by atoms with Crippen LogP contribution < -0.4 is 5.56 Å². The quantitative estimate of drug-likeness (QED) is 0.831. The Morgan fingerprint density at radius 3 is 2.59 bits per heavy atom. The molecule has 0 fully saturated rings. The van der Waals surface area contributed by atoms with Crippen LogP contribution in [0.1, 0.15) is 25.3 Å². The number of nitrogens with zero attached hydrogens (tertiary/aromatic N) is 1. The summed E-state index contributed by atoms with van der Waals surface area (Å²) in [5.41, 5.74) is 2.12. The van der Waals surface area contributed by atoms with Crippen LogP contribution in [0.5, 0.6) is 5.75 Å². The third-order valence-corrected chi connectivity index (χ3v) is 2.65. The number of hydrogen-bond donors (Lipinski definition) is 2. The first-order valence-electron chi connectivity index (χ1n) is 5.46. The summed E-state index contributed by atoms with van der Waals surface area (Å²) in [6.07, 6.45) is 1.56. The maximum atomic E-state index is 11.1. The van der Waals surface area contributed by atoms with E-state index in [-0.39, 0.29) is 17.2 Å². The number of nitrogens with one attached hydrogen (secondary N) is 1. The van der Waals surface area contributed by atoms with Gasteiger partial charge in [0, 0.05) is 11.6 Å². The molecule has 2 aromatic rings. The van der Waals surface area contributed by atoms with Gasteiger partial charge >= 0.3 is 0 Å². The molecule has 2 rings (SSSR count). The lowest BCUT2D eigenvalue weighted by molar-refractivity contribution is 0.465. The van der Waals surface area contributed by atoms with Crippen molar-refractivity contribution >= 4 is 0 Å². The Morgan fingerprint density at radius 1 is 1.24 bits per heavy atom. The average molecular weight is 230 g/mol. The highest BCUT2D eigenvalue weighted by atomic mass is 16.3. The summed E-state index contributed by atoms with van der Waals surface area (Å²) in [5, 5.41) is 15.9. The highest BCUT2D eigenvalue weighted by Crippen LogP contribution is 2.29. The first-order valence-corrected chi connectivity index (χ1v) is 5.46. The summed E-state index contributed by atoms with van der Waals surface area (Å²) in [5.74, 6) is 0.513.